The van der Waals surface area contributed by atoms with E-state index in [1.165, 1.54) is 5.56 Å². The number of carbonyl (C=O) groups excluding carboxylic acids is 1. The highest BCUT2D eigenvalue weighted by Gasteiger charge is 2.27. The molecular weight excluding hydrogens is 200 g/mol. The van der Waals surface area contributed by atoms with Crippen LogP contribution in [0.5, 0.6) is 0 Å². The van der Waals surface area contributed by atoms with Gasteiger partial charge in [0, 0.05) is 25.8 Å². The van der Waals surface area contributed by atoms with Gasteiger partial charge in [0.25, 0.3) is 0 Å². The summed E-state index contributed by atoms with van der Waals surface area (Å²) in [7, 11) is 1.85. The molecule has 0 unspecified atom stereocenters. The molecule has 1 aromatic rings. The van der Waals surface area contributed by atoms with Gasteiger partial charge in [-0.2, -0.15) is 0 Å². The van der Waals surface area contributed by atoms with Crippen LogP contribution in [0, 0.1) is 5.92 Å². The van der Waals surface area contributed by atoms with Gasteiger partial charge in [0.15, 0.2) is 0 Å². The van der Waals surface area contributed by atoms with Crippen LogP contribution in [-0.4, -0.2) is 26.0 Å². The maximum Gasteiger partial charge on any atom is 0.232 e. The van der Waals surface area contributed by atoms with Crippen LogP contribution in [-0.2, 0) is 11.2 Å². The maximum atomic E-state index is 12.0. The largest absolute Gasteiger partial charge is 0.315 e. The molecule has 3 heteroatoms. The van der Waals surface area contributed by atoms with Crippen molar-refractivity contribution in [3.8, 4) is 0 Å². The van der Waals surface area contributed by atoms with Gasteiger partial charge >= 0.3 is 0 Å². The fourth-order valence-corrected chi connectivity index (χ4v) is 1.82. The van der Waals surface area contributed by atoms with Gasteiger partial charge in [-0.3, -0.25) is 4.79 Å². The minimum absolute atomic E-state index is 0.163. The normalized spacial score (nSPS) is 15.6. The van der Waals surface area contributed by atoms with Crippen molar-refractivity contribution >= 4 is 11.6 Å². The summed E-state index contributed by atoms with van der Waals surface area (Å²) in [6, 6.07) is 8.20. The van der Waals surface area contributed by atoms with Crippen molar-refractivity contribution in [3.63, 3.8) is 0 Å². The first-order chi connectivity index (χ1) is 7.72. The van der Waals surface area contributed by atoms with Crippen molar-refractivity contribution in [2.24, 2.45) is 5.92 Å². The molecule has 0 bridgehead atoms. The zero-order valence-corrected chi connectivity index (χ0v) is 9.86. The third kappa shape index (κ3) is 2.09. The Morgan fingerprint density at radius 2 is 2.00 bits per heavy atom. The molecule has 0 atom stereocenters. The van der Waals surface area contributed by atoms with E-state index in [0.29, 0.717) is 0 Å². The van der Waals surface area contributed by atoms with E-state index in [-0.39, 0.29) is 11.8 Å². The number of benzene rings is 1. The first kappa shape index (κ1) is 11.1. The lowest BCUT2D eigenvalue weighted by molar-refractivity contribution is -0.123. The van der Waals surface area contributed by atoms with Gasteiger partial charge in [-0.25, -0.2) is 0 Å². The molecule has 1 aromatic carbocycles. The summed E-state index contributed by atoms with van der Waals surface area (Å²) in [5.74, 6) is 0.374. The van der Waals surface area contributed by atoms with Crippen LogP contribution in [0.3, 0.4) is 0 Å². The number of nitrogens with zero attached hydrogens (tertiary/aromatic N) is 1. The van der Waals surface area contributed by atoms with Crippen LogP contribution in [0.2, 0.25) is 0 Å². The molecule has 1 N–H and O–H groups in total. The number of aryl methyl sites for hydroxylation is 1. The van der Waals surface area contributed by atoms with Crippen LogP contribution >= 0.6 is 0 Å². The van der Waals surface area contributed by atoms with E-state index in [0.717, 1.165) is 25.2 Å². The number of carbonyl (C=O) groups is 1. The first-order valence-corrected chi connectivity index (χ1v) is 5.79. The highest BCUT2D eigenvalue weighted by atomic mass is 16.2. The highest BCUT2D eigenvalue weighted by Crippen LogP contribution is 2.17. The Bertz CT molecular complexity index is 368. The van der Waals surface area contributed by atoms with E-state index in [9.17, 15) is 4.79 Å². The Kier molecular flexibility index (Phi) is 3.25. The molecule has 3 nitrogen and oxygen atoms in total. The van der Waals surface area contributed by atoms with Crippen molar-refractivity contribution in [3.05, 3.63) is 29.8 Å². The molecule has 0 aliphatic carbocycles. The molecule has 1 fully saturated rings. The monoisotopic (exact) mass is 218 g/mol. The Hall–Kier alpha value is -1.35. The molecule has 1 aliphatic heterocycles. The smallest absolute Gasteiger partial charge is 0.232 e. The first-order valence-electron chi connectivity index (χ1n) is 5.79. The maximum absolute atomic E-state index is 12.0. The van der Waals surface area contributed by atoms with Crippen molar-refractivity contribution in [2.45, 2.75) is 13.3 Å². The molecule has 2 rings (SSSR count). The molecule has 1 aliphatic rings. The van der Waals surface area contributed by atoms with E-state index in [1.54, 1.807) is 4.90 Å². The van der Waals surface area contributed by atoms with Crippen LogP contribution in [0.25, 0.3) is 0 Å². The molecule has 86 valence electrons. The molecule has 0 aromatic heterocycles. The second-order valence-corrected chi connectivity index (χ2v) is 4.27. The van der Waals surface area contributed by atoms with Crippen LogP contribution in [0.15, 0.2) is 24.3 Å². The summed E-state index contributed by atoms with van der Waals surface area (Å²) < 4.78 is 0. The zero-order valence-electron chi connectivity index (χ0n) is 9.86. The zero-order chi connectivity index (χ0) is 11.5. The third-order valence-electron chi connectivity index (χ3n) is 3.19. The second-order valence-electron chi connectivity index (χ2n) is 4.27. The Labute approximate surface area is 96.5 Å². The Morgan fingerprint density at radius 1 is 1.38 bits per heavy atom. The number of hydrogen-bond acceptors (Lipinski definition) is 2. The predicted octanol–water partition coefficient (Wildman–Crippen LogP) is 1.43. The average molecular weight is 218 g/mol. The van der Waals surface area contributed by atoms with Gasteiger partial charge in [-0.1, -0.05) is 19.1 Å². The molecule has 1 saturated heterocycles. The highest BCUT2D eigenvalue weighted by molar-refractivity contribution is 5.95. The van der Waals surface area contributed by atoms with Crippen LogP contribution in [0.1, 0.15) is 12.5 Å². The van der Waals surface area contributed by atoms with E-state index in [2.05, 4.69) is 24.4 Å². The molecule has 0 radical (unpaired) electrons. The SMILES string of the molecule is CCc1ccc(N(C)C(=O)C2CNC2)cc1. The van der Waals surface area contributed by atoms with Gasteiger partial charge in [0.05, 0.1) is 5.92 Å². The summed E-state index contributed by atoms with van der Waals surface area (Å²) in [6.07, 6.45) is 1.03. The van der Waals surface area contributed by atoms with Crippen molar-refractivity contribution in [2.75, 3.05) is 25.0 Å². The molecule has 16 heavy (non-hydrogen) atoms. The lowest BCUT2D eigenvalue weighted by Gasteiger charge is -2.30. The Balaban J connectivity index is 2.07. The van der Waals surface area contributed by atoms with Crippen LogP contribution in [0.4, 0.5) is 5.69 Å². The quantitative estimate of drug-likeness (QED) is 0.832. The van der Waals surface area contributed by atoms with Gasteiger partial charge in [-0.05, 0) is 24.1 Å². The fraction of sp³-hybridized carbons (Fsp3) is 0.462. The third-order valence-corrected chi connectivity index (χ3v) is 3.19. The number of hydrogen-bond donors (Lipinski definition) is 1. The minimum atomic E-state index is 0.163. The van der Waals surface area contributed by atoms with Crippen molar-refractivity contribution < 1.29 is 4.79 Å². The molecule has 1 heterocycles. The number of anilines is 1. The summed E-state index contributed by atoms with van der Waals surface area (Å²) in [5.41, 5.74) is 2.28. The van der Waals surface area contributed by atoms with E-state index in [1.807, 2.05) is 19.2 Å². The summed E-state index contributed by atoms with van der Waals surface area (Å²) in [6.45, 7) is 3.76. The number of amides is 1. The minimum Gasteiger partial charge on any atom is -0.315 e. The lowest BCUT2D eigenvalue weighted by atomic mass is 10.0. The van der Waals surface area contributed by atoms with E-state index < -0.39 is 0 Å². The molecular formula is C13H18N2O. The summed E-state index contributed by atoms with van der Waals surface area (Å²) in [4.78, 5) is 13.7. The summed E-state index contributed by atoms with van der Waals surface area (Å²) >= 11 is 0. The van der Waals surface area contributed by atoms with Crippen LogP contribution < -0.4 is 10.2 Å². The fourth-order valence-electron chi connectivity index (χ4n) is 1.82. The summed E-state index contributed by atoms with van der Waals surface area (Å²) in [5, 5.41) is 3.12. The van der Waals surface area contributed by atoms with Gasteiger partial charge in [-0.15, -0.1) is 0 Å². The lowest BCUT2D eigenvalue weighted by Crippen LogP contribution is -2.51. The van der Waals surface area contributed by atoms with Gasteiger partial charge in [0.2, 0.25) is 5.91 Å². The Morgan fingerprint density at radius 3 is 2.44 bits per heavy atom. The number of rotatable bonds is 3. The van der Waals surface area contributed by atoms with Gasteiger partial charge < -0.3 is 10.2 Å². The average Bonchev–Trinajstić information content (AvgIpc) is 2.26. The molecule has 0 spiro atoms. The topological polar surface area (TPSA) is 32.3 Å². The van der Waals surface area contributed by atoms with E-state index >= 15 is 0 Å². The van der Waals surface area contributed by atoms with Gasteiger partial charge in [0.1, 0.15) is 0 Å². The molecule has 1 amide bonds. The second kappa shape index (κ2) is 4.66. The van der Waals surface area contributed by atoms with E-state index in [4.69, 9.17) is 0 Å². The number of nitrogens with one attached hydrogen (secondary N) is 1. The molecule has 0 saturated carbocycles. The standard InChI is InChI=1S/C13H18N2O/c1-3-10-4-6-12(7-5-10)15(2)13(16)11-8-14-9-11/h4-7,11,14H,3,8-9H2,1-2H3. The predicted molar refractivity (Wildman–Crippen MR) is 65.6 cm³/mol. The van der Waals surface area contributed by atoms with Crippen molar-refractivity contribution in [1.29, 1.82) is 0 Å². The van der Waals surface area contributed by atoms with Crippen molar-refractivity contribution in [1.82, 2.24) is 5.32 Å².